The van der Waals surface area contributed by atoms with Gasteiger partial charge in [-0.25, -0.2) is 0 Å². The number of esters is 3. The highest BCUT2D eigenvalue weighted by atomic mass is 16.6. The van der Waals surface area contributed by atoms with Gasteiger partial charge in [0.15, 0.2) is 6.10 Å². The highest BCUT2D eigenvalue weighted by molar-refractivity contribution is 5.71. The number of carbonyl (C=O) groups is 3. The normalized spacial score (nSPS) is 13.4. The van der Waals surface area contributed by atoms with Crippen LogP contribution in [0.5, 0.6) is 0 Å². The first-order valence-corrected chi connectivity index (χ1v) is 32.3. The van der Waals surface area contributed by atoms with Crippen LogP contribution in [-0.2, 0) is 28.6 Å². The van der Waals surface area contributed by atoms with Crippen LogP contribution in [0.2, 0.25) is 0 Å². The molecule has 0 bridgehead atoms. The van der Waals surface area contributed by atoms with Gasteiger partial charge < -0.3 is 14.2 Å². The molecule has 0 amide bonds. The molecule has 0 aliphatic heterocycles. The lowest BCUT2D eigenvalue weighted by Crippen LogP contribution is -2.30. The van der Waals surface area contributed by atoms with Crippen molar-refractivity contribution in [3.63, 3.8) is 0 Å². The Morgan fingerprint density at radius 3 is 0.815 bits per heavy atom. The van der Waals surface area contributed by atoms with Crippen molar-refractivity contribution in [3.05, 3.63) is 182 Å². The Balaban J connectivity index is 4.46. The van der Waals surface area contributed by atoms with E-state index in [0.29, 0.717) is 19.3 Å². The lowest BCUT2D eigenvalue weighted by Gasteiger charge is -2.18. The van der Waals surface area contributed by atoms with Gasteiger partial charge in [-0.3, -0.25) is 14.4 Å². The minimum atomic E-state index is -0.822. The van der Waals surface area contributed by atoms with E-state index in [2.05, 4.69) is 203 Å². The monoisotopic (exact) mass is 1110 g/mol. The summed E-state index contributed by atoms with van der Waals surface area (Å²) in [6, 6.07) is 0. The Hall–Kier alpha value is -5.49. The second-order valence-corrected chi connectivity index (χ2v) is 20.5. The summed E-state index contributed by atoms with van der Waals surface area (Å²) in [6.45, 7) is 6.30. The molecule has 0 aromatic rings. The number of carbonyl (C=O) groups excluding carboxylic acids is 3. The highest BCUT2D eigenvalue weighted by Gasteiger charge is 2.19. The Labute approximate surface area is 497 Å². The molecule has 0 radical (unpaired) electrons. The molecule has 0 rings (SSSR count). The third kappa shape index (κ3) is 65.2. The molecule has 0 aromatic carbocycles. The fourth-order valence-corrected chi connectivity index (χ4v) is 8.10. The maximum atomic E-state index is 12.9. The first-order chi connectivity index (χ1) is 40.0. The molecule has 0 aromatic heterocycles. The first-order valence-electron chi connectivity index (χ1n) is 32.3. The van der Waals surface area contributed by atoms with Crippen LogP contribution in [0.3, 0.4) is 0 Å². The Bertz CT molecular complexity index is 1900. The number of unbranched alkanes of at least 4 members (excludes halogenated alkanes) is 15. The average molecular weight is 1110 g/mol. The largest absolute Gasteiger partial charge is 0.462 e. The van der Waals surface area contributed by atoms with Crippen molar-refractivity contribution < 1.29 is 28.6 Å². The molecule has 0 N–H and O–H groups in total. The van der Waals surface area contributed by atoms with Crippen LogP contribution >= 0.6 is 0 Å². The number of rotatable bonds is 56. The smallest absolute Gasteiger partial charge is 0.306 e. The summed E-state index contributed by atoms with van der Waals surface area (Å²) in [7, 11) is 0. The molecular weight excluding hydrogens is 997 g/mol. The second-order valence-electron chi connectivity index (χ2n) is 20.5. The van der Waals surface area contributed by atoms with Crippen molar-refractivity contribution in [2.24, 2.45) is 0 Å². The summed E-state index contributed by atoms with van der Waals surface area (Å²) in [5.41, 5.74) is 0. The van der Waals surface area contributed by atoms with E-state index in [-0.39, 0.29) is 37.5 Å². The molecular formula is C75H116O6. The summed E-state index contributed by atoms with van der Waals surface area (Å²) in [5.74, 6) is -1.00. The number of ether oxygens (including phenoxy) is 3. The van der Waals surface area contributed by atoms with Crippen LogP contribution in [0.25, 0.3) is 0 Å². The van der Waals surface area contributed by atoms with Crippen molar-refractivity contribution in [1.82, 2.24) is 0 Å². The zero-order valence-corrected chi connectivity index (χ0v) is 51.7. The first kappa shape index (κ1) is 75.5. The molecule has 0 aliphatic carbocycles. The summed E-state index contributed by atoms with van der Waals surface area (Å²) < 4.78 is 16.8. The fraction of sp³-hybridized carbons (Fsp3) is 0.560. The predicted octanol–water partition coefficient (Wildman–Crippen LogP) is 22.4. The standard InChI is InChI=1S/C75H116O6/c1-4-7-10-13-16-19-22-24-26-28-30-32-34-35-36-37-38-39-41-42-44-46-48-50-53-56-59-62-65-68-74(77)80-71-72(70-79-73(76)67-64-61-58-55-52-21-18-15-12-9-6-3)81-75(78)69-66-63-60-57-54-51-49-47-45-43-40-33-31-29-27-25-23-20-17-14-11-8-5-2/h7-8,10-11,15-20,24-27,30-33,35-36,38-39,42-45,48,50,56,59,72H,4-6,9,12-14,21-23,28-29,34,37,40-41,46-47,49,51-55,57-58,60-71H2,1-3H3/b10-7-,11-8-,18-15-,19-16-,20-17-,26-24-,27-25-,32-30-,33-31-,36-35-,39-38-,44-42-,45-43-,50-48-,59-56-. The minimum absolute atomic E-state index is 0.114. The summed E-state index contributed by atoms with van der Waals surface area (Å²) >= 11 is 0. The summed E-state index contributed by atoms with van der Waals surface area (Å²) in [5, 5.41) is 0. The maximum Gasteiger partial charge on any atom is 0.306 e. The molecule has 1 unspecified atom stereocenters. The molecule has 452 valence electrons. The molecule has 0 saturated heterocycles. The third-order valence-electron chi connectivity index (χ3n) is 12.9. The van der Waals surface area contributed by atoms with Gasteiger partial charge >= 0.3 is 17.9 Å². The van der Waals surface area contributed by atoms with E-state index in [1.807, 2.05) is 0 Å². The molecule has 0 spiro atoms. The number of hydrogen-bond acceptors (Lipinski definition) is 6. The van der Waals surface area contributed by atoms with Crippen molar-refractivity contribution >= 4 is 17.9 Å². The maximum absolute atomic E-state index is 12.9. The molecule has 0 fully saturated rings. The SMILES string of the molecule is CC/C=C\C/C=C\C/C=C\C/C=C\C/C=C\C/C=C\C/C=C\C/C=C\C/C=C\CCCC(=O)OCC(COC(=O)CCCCCCC/C=C\CCCC)OC(=O)CCCCCCCCC/C=C\C/C=C\C/C=C\C/C=C\C/C=C\CC. The van der Waals surface area contributed by atoms with E-state index in [1.54, 1.807) is 0 Å². The molecule has 0 heterocycles. The van der Waals surface area contributed by atoms with Crippen LogP contribution < -0.4 is 0 Å². The van der Waals surface area contributed by atoms with Gasteiger partial charge in [-0.05, 0) is 148 Å². The van der Waals surface area contributed by atoms with Crippen LogP contribution in [-0.4, -0.2) is 37.2 Å². The van der Waals surface area contributed by atoms with E-state index >= 15 is 0 Å². The molecule has 0 saturated carbocycles. The summed E-state index contributed by atoms with van der Waals surface area (Å²) in [6.07, 6.45) is 100. The van der Waals surface area contributed by atoms with E-state index in [0.717, 1.165) is 161 Å². The fourth-order valence-electron chi connectivity index (χ4n) is 8.10. The molecule has 6 nitrogen and oxygen atoms in total. The van der Waals surface area contributed by atoms with Crippen LogP contribution in [0, 0.1) is 0 Å². The van der Waals surface area contributed by atoms with E-state index in [4.69, 9.17) is 14.2 Å². The number of hydrogen-bond donors (Lipinski definition) is 0. The Morgan fingerprint density at radius 1 is 0.259 bits per heavy atom. The lowest BCUT2D eigenvalue weighted by atomic mass is 10.1. The van der Waals surface area contributed by atoms with Gasteiger partial charge in [-0.1, -0.05) is 267 Å². The Morgan fingerprint density at radius 2 is 0.494 bits per heavy atom. The quantitative estimate of drug-likeness (QED) is 0.0261. The van der Waals surface area contributed by atoms with Crippen LogP contribution in [0.1, 0.15) is 252 Å². The zero-order valence-electron chi connectivity index (χ0n) is 51.7. The third-order valence-corrected chi connectivity index (χ3v) is 12.9. The zero-order chi connectivity index (χ0) is 58.5. The average Bonchev–Trinajstić information content (AvgIpc) is 3.47. The highest BCUT2D eigenvalue weighted by Crippen LogP contribution is 2.13. The van der Waals surface area contributed by atoms with Crippen molar-refractivity contribution in [3.8, 4) is 0 Å². The van der Waals surface area contributed by atoms with E-state index in [1.165, 1.54) is 44.9 Å². The van der Waals surface area contributed by atoms with Gasteiger partial charge in [0.2, 0.25) is 0 Å². The van der Waals surface area contributed by atoms with E-state index < -0.39 is 6.10 Å². The predicted molar refractivity (Wildman–Crippen MR) is 352 cm³/mol. The van der Waals surface area contributed by atoms with Crippen molar-refractivity contribution in [2.45, 2.75) is 258 Å². The van der Waals surface area contributed by atoms with Gasteiger partial charge in [0.05, 0.1) is 0 Å². The lowest BCUT2D eigenvalue weighted by molar-refractivity contribution is -0.167. The van der Waals surface area contributed by atoms with Crippen LogP contribution in [0.15, 0.2) is 182 Å². The van der Waals surface area contributed by atoms with Gasteiger partial charge in [0.25, 0.3) is 0 Å². The number of allylic oxidation sites excluding steroid dienone is 30. The molecule has 1 atom stereocenters. The van der Waals surface area contributed by atoms with Crippen molar-refractivity contribution in [1.29, 1.82) is 0 Å². The second kappa shape index (κ2) is 67.0. The van der Waals surface area contributed by atoms with E-state index in [9.17, 15) is 14.4 Å². The van der Waals surface area contributed by atoms with Crippen molar-refractivity contribution in [2.75, 3.05) is 13.2 Å². The molecule has 81 heavy (non-hydrogen) atoms. The van der Waals surface area contributed by atoms with Gasteiger partial charge in [-0.15, -0.1) is 0 Å². The van der Waals surface area contributed by atoms with Crippen LogP contribution in [0.4, 0.5) is 0 Å². The molecule has 0 aliphatic rings. The summed E-state index contributed by atoms with van der Waals surface area (Å²) in [4.78, 5) is 38.3. The topological polar surface area (TPSA) is 78.9 Å². The van der Waals surface area contributed by atoms with Gasteiger partial charge in [0, 0.05) is 19.3 Å². The van der Waals surface area contributed by atoms with Gasteiger partial charge in [0.1, 0.15) is 13.2 Å². The minimum Gasteiger partial charge on any atom is -0.462 e. The van der Waals surface area contributed by atoms with Gasteiger partial charge in [-0.2, -0.15) is 0 Å². The Kier molecular flexibility index (Phi) is 62.5. The molecule has 6 heteroatoms.